The second-order valence-corrected chi connectivity index (χ2v) is 4.13. The molecule has 1 aromatic rings. The van der Waals surface area contributed by atoms with Crippen LogP contribution in [-0.2, 0) is 0 Å². The predicted octanol–water partition coefficient (Wildman–Crippen LogP) is 1.01. The van der Waals surface area contributed by atoms with E-state index in [4.69, 9.17) is 4.74 Å². The lowest BCUT2D eigenvalue weighted by Gasteiger charge is -2.16. The van der Waals surface area contributed by atoms with Crippen LogP contribution >= 0.6 is 0 Å². The molecule has 0 radical (unpaired) electrons. The number of aryl methyl sites for hydroxylation is 2. The Morgan fingerprint density at radius 3 is 2.67 bits per heavy atom. The number of benzene rings is 1. The van der Waals surface area contributed by atoms with E-state index in [0.717, 1.165) is 5.75 Å². The molecule has 2 atom stereocenters. The van der Waals surface area contributed by atoms with Crippen LogP contribution in [0.1, 0.15) is 11.1 Å². The lowest BCUT2D eigenvalue weighted by molar-refractivity contribution is 0.0737. The van der Waals surface area contributed by atoms with Crippen molar-refractivity contribution in [2.45, 2.75) is 26.1 Å². The molecule has 1 heterocycles. The summed E-state index contributed by atoms with van der Waals surface area (Å²) in [5.41, 5.74) is 2.47. The predicted molar refractivity (Wildman–Crippen MR) is 59.2 cm³/mol. The quantitative estimate of drug-likeness (QED) is 0.760. The maximum atomic E-state index is 9.59. The normalized spacial score (nSPS) is 25.5. The molecule has 0 unspecified atom stereocenters. The third kappa shape index (κ3) is 2.30. The van der Waals surface area contributed by atoms with E-state index in [1.165, 1.54) is 11.1 Å². The molecule has 0 aromatic heterocycles. The molecule has 1 aliphatic rings. The summed E-state index contributed by atoms with van der Waals surface area (Å²) < 4.78 is 5.71. The Balaban J connectivity index is 2.07. The van der Waals surface area contributed by atoms with E-state index in [0.29, 0.717) is 13.1 Å². The van der Waals surface area contributed by atoms with E-state index < -0.39 is 6.10 Å². The first-order valence-electron chi connectivity index (χ1n) is 5.29. The third-order valence-electron chi connectivity index (χ3n) is 2.89. The SMILES string of the molecule is Cc1ccc(O[C@@H]2CNC[C@H]2O)cc1C. The molecule has 3 nitrogen and oxygen atoms in total. The minimum atomic E-state index is -0.397. The summed E-state index contributed by atoms with van der Waals surface area (Å²) in [6.45, 7) is 5.47. The van der Waals surface area contributed by atoms with E-state index in [2.05, 4.69) is 19.2 Å². The number of hydrogen-bond donors (Lipinski definition) is 2. The molecule has 1 aliphatic heterocycles. The molecule has 2 N–H and O–H groups in total. The Hall–Kier alpha value is -1.06. The summed E-state index contributed by atoms with van der Waals surface area (Å²) in [4.78, 5) is 0. The Bertz CT molecular complexity index is 351. The molecular formula is C12H17NO2. The van der Waals surface area contributed by atoms with Crippen molar-refractivity contribution in [3.8, 4) is 5.75 Å². The molecule has 2 rings (SSSR count). The summed E-state index contributed by atoms with van der Waals surface area (Å²) in [5.74, 6) is 0.839. The molecule has 15 heavy (non-hydrogen) atoms. The largest absolute Gasteiger partial charge is 0.486 e. The van der Waals surface area contributed by atoms with Gasteiger partial charge in [0.1, 0.15) is 18.0 Å². The Morgan fingerprint density at radius 1 is 1.27 bits per heavy atom. The fraction of sp³-hybridized carbons (Fsp3) is 0.500. The van der Waals surface area contributed by atoms with Crippen molar-refractivity contribution >= 4 is 0 Å². The van der Waals surface area contributed by atoms with Gasteiger partial charge in [-0.1, -0.05) is 6.07 Å². The molecule has 82 valence electrons. The van der Waals surface area contributed by atoms with Crippen LogP contribution < -0.4 is 10.1 Å². The van der Waals surface area contributed by atoms with Gasteiger partial charge in [0.2, 0.25) is 0 Å². The van der Waals surface area contributed by atoms with E-state index >= 15 is 0 Å². The fourth-order valence-electron chi connectivity index (χ4n) is 1.72. The summed E-state index contributed by atoms with van der Waals surface area (Å²) in [6, 6.07) is 6.01. The van der Waals surface area contributed by atoms with E-state index in [1.807, 2.05) is 18.2 Å². The van der Waals surface area contributed by atoms with Crippen LogP contribution in [0.25, 0.3) is 0 Å². The van der Waals surface area contributed by atoms with Crippen LogP contribution in [0.2, 0.25) is 0 Å². The van der Waals surface area contributed by atoms with E-state index in [1.54, 1.807) is 0 Å². The lowest BCUT2D eigenvalue weighted by Crippen LogP contribution is -2.29. The van der Waals surface area contributed by atoms with Gasteiger partial charge in [0.05, 0.1) is 0 Å². The highest BCUT2D eigenvalue weighted by Gasteiger charge is 2.26. The van der Waals surface area contributed by atoms with Crippen LogP contribution in [0.5, 0.6) is 5.75 Å². The van der Waals surface area contributed by atoms with Crippen LogP contribution in [0.15, 0.2) is 18.2 Å². The maximum Gasteiger partial charge on any atom is 0.138 e. The van der Waals surface area contributed by atoms with Gasteiger partial charge in [0.25, 0.3) is 0 Å². The highest BCUT2D eigenvalue weighted by molar-refractivity contribution is 5.34. The van der Waals surface area contributed by atoms with Crippen LogP contribution in [0.3, 0.4) is 0 Å². The molecule has 0 spiro atoms. The van der Waals surface area contributed by atoms with Gasteiger partial charge in [-0.3, -0.25) is 0 Å². The van der Waals surface area contributed by atoms with Crippen molar-refractivity contribution in [2.75, 3.05) is 13.1 Å². The summed E-state index contributed by atoms with van der Waals surface area (Å²) in [7, 11) is 0. The number of β-amino-alcohol motifs (C(OH)–C–C–N with tert-alkyl or cyclic N) is 1. The second-order valence-electron chi connectivity index (χ2n) is 4.13. The number of aliphatic hydroxyl groups is 1. The summed E-state index contributed by atoms with van der Waals surface area (Å²) in [5, 5.41) is 12.7. The number of ether oxygens (including phenoxy) is 1. The Kier molecular flexibility index (Phi) is 2.93. The molecular weight excluding hydrogens is 190 g/mol. The smallest absolute Gasteiger partial charge is 0.138 e. The third-order valence-corrected chi connectivity index (χ3v) is 2.89. The summed E-state index contributed by atoms with van der Waals surface area (Å²) in [6.07, 6.45) is -0.515. The van der Waals surface area contributed by atoms with Gasteiger partial charge in [-0.25, -0.2) is 0 Å². The first-order valence-corrected chi connectivity index (χ1v) is 5.29. The van der Waals surface area contributed by atoms with Crippen LogP contribution in [0.4, 0.5) is 0 Å². The molecule has 0 amide bonds. The number of aliphatic hydroxyl groups excluding tert-OH is 1. The highest BCUT2D eigenvalue weighted by Crippen LogP contribution is 2.19. The van der Waals surface area contributed by atoms with Gasteiger partial charge in [0, 0.05) is 13.1 Å². The number of rotatable bonds is 2. The van der Waals surface area contributed by atoms with Crippen molar-refractivity contribution in [3.05, 3.63) is 29.3 Å². The lowest BCUT2D eigenvalue weighted by atomic mass is 10.1. The van der Waals surface area contributed by atoms with Crippen molar-refractivity contribution in [3.63, 3.8) is 0 Å². The molecule has 0 saturated carbocycles. The molecule has 1 aromatic carbocycles. The summed E-state index contributed by atoms with van der Waals surface area (Å²) >= 11 is 0. The zero-order valence-corrected chi connectivity index (χ0v) is 9.16. The second kappa shape index (κ2) is 4.21. The van der Waals surface area contributed by atoms with Crippen molar-refractivity contribution in [1.29, 1.82) is 0 Å². The van der Waals surface area contributed by atoms with Gasteiger partial charge < -0.3 is 15.2 Å². The van der Waals surface area contributed by atoms with Gasteiger partial charge in [-0.15, -0.1) is 0 Å². The Morgan fingerprint density at radius 2 is 2.07 bits per heavy atom. The first-order chi connectivity index (χ1) is 7.16. The van der Waals surface area contributed by atoms with Crippen molar-refractivity contribution in [1.82, 2.24) is 5.32 Å². The fourth-order valence-corrected chi connectivity index (χ4v) is 1.72. The average molecular weight is 207 g/mol. The van der Waals surface area contributed by atoms with Crippen molar-refractivity contribution < 1.29 is 9.84 Å². The van der Waals surface area contributed by atoms with Gasteiger partial charge in [-0.05, 0) is 37.1 Å². The number of hydrogen-bond acceptors (Lipinski definition) is 3. The maximum absolute atomic E-state index is 9.59. The van der Waals surface area contributed by atoms with E-state index in [-0.39, 0.29) is 6.10 Å². The molecule has 0 bridgehead atoms. The minimum Gasteiger partial charge on any atom is -0.486 e. The molecule has 0 aliphatic carbocycles. The minimum absolute atomic E-state index is 0.118. The molecule has 1 saturated heterocycles. The molecule has 1 fully saturated rings. The monoisotopic (exact) mass is 207 g/mol. The van der Waals surface area contributed by atoms with E-state index in [9.17, 15) is 5.11 Å². The highest BCUT2D eigenvalue weighted by atomic mass is 16.5. The van der Waals surface area contributed by atoms with Crippen LogP contribution in [0, 0.1) is 13.8 Å². The Labute approximate surface area is 90.1 Å². The van der Waals surface area contributed by atoms with Gasteiger partial charge >= 0.3 is 0 Å². The van der Waals surface area contributed by atoms with Gasteiger partial charge in [-0.2, -0.15) is 0 Å². The zero-order valence-electron chi connectivity index (χ0n) is 9.16. The van der Waals surface area contributed by atoms with Crippen LogP contribution in [-0.4, -0.2) is 30.4 Å². The number of nitrogens with one attached hydrogen (secondary N) is 1. The first kappa shape index (κ1) is 10.5. The van der Waals surface area contributed by atoms with Gasteiger partial charge in [0.15, 0.2) is 0 Å². The average Bonchev–Trinajstić information content (AvgIpc) is 2.59. The van der Waals surface area contributed by atoms with Crippen molar-refractivity contribution in [2.24, 2.45) is 0 Å². The topological polar surface area (TPSA) is 41.5 Å². The standard InChI is InChI=1S/C12H17NO2/c1-8-3-4-10(5-9(8)2)15-12-7-13-6-11(12)14/h3-5,11-14H,6-7H2,1-2H3/t11-,12-/m1/s1. The molecule has 3 heteroatoms. The zero-order chi connectivity index (χ0) is 10.8.